The summed E-state index contributed by atoms with van der Waals surface area (Å²) < 4.78 is 0. The zero-order valence-corrected chi connectivity index (χ0v) is 13.8. The van der Waals surface area contributed by atoms with E-state index in [1.807, 2.05) is 17.8 Å². The first-order valence-electron chi connectivity index (χ1n) is 7.48. The van der Waals surface area contributed by atoms with Crippen LogP contribution in [-0.2, 0) is 17.8 Å². The van der Waals surface area contributed by atoms with Crippen molar-refractivity contribution in [3.05, 3.63) is 35.4 Å². The molecule has 1 aromatic carbocycles. The summed E-state index contributed by atoms with van der Waals surface area (Å²) in [6.45, 7) is 1.58. The van der Waals surface area contributed by atoms with E-state index >= 15 is 0 Å². The quantitative estimate of drug-likeness (QED) is 0.789. The van der Waals surface area contributed by atoms with Crippen molar-refractivity contribution in [2.75, 3.05) is 18.1 Å². The van der Waals surface area contributed by atoms with E-state index in [1.54, 1.807) is 0 Å². The summed E-state index contributed by atoms with van der Waals surface area (Å²) in [7, 11) is 0. The minimum Gasteiger partial charge on any atom is -0.354 e. The number of nitrogens with one attached hydrogen (secondary N) is 2. The lowest BCUT2D eigenvalue weighted by atomic mass is 9.95. The Morgan fingerprint density at radius 2 is 2.05 bits per heavy atom. The molecule has 0 spiro atoms. The lowest BCUT2D eigenvalue weighted by molar-refractivity contribution is -0.123. The summed E-state index contributed by atoms with van der Waals surface area (Å²) in [5, 5.41) is 6.38. The lowest BCUT2D eigenvalue weighted by Gasteiger charge is -2.25. The average molecular weight is 327 g/mol. The Bertz CT molecular complexity index is 479. The zero-order valence-electron chi connectivity index (χ0n) is 12.1. The number of rotatable bonds is 6. The molecule has 1 fully saturated rings. The van der Waals surface area contributed by atoms with Gasteiger partial charge in [0.15, 0.2) is 0 Å². The van der Waals surface area contributed by atoms with Crippen LogP contribution in [0.4, 0.5) is 0 Å². The number of carbonyl (C=O) groups excluding carboxylic acids is 1. The van der Waals surface area contributed by atoms with Crippen LogP contribution >= 0.6 is 24.2 Å². The van der Waals surface area contributed by atoms with Crippen molar-refractivity contribution in [3.8, 4) is 0 Å². The van der Waals surface area contributed by atoms with Gasteiger partial charge in [0.05, 0.1) is 6.04 Å². The van der Waals surface area contributed by atoms with Crippen LogP contribution in [-0.4, -0.2) is 30.0 Å². The second-order valence-electron chi connectivity index (χ2n) is 5.72. The topological polar surface area (TPSA) is 41.1 Å². The van der Waals surface area contributed by atoms with Gasteiger partial charge in [-0.15, -0.1) is 12.4 Å². The number of fused-ring (bicyclic) bond motifs is 1. The van der Waals surface area contributed by atoms with Gasteiger partial charge >= 0.3 is 0 Å². The molecular weight excluding hydrogens is 304 g/mol. The number of hydrogen-bond acceptors (Lipinski definition) is 3. The van der Waals surface area contributed by atoms with E-state index in [2.05, 4.69) is 28.8 Å². The minimum absolute atomic E-state index is 0. The molecule has 0 aromatic heterocycles. The molecule has 0 bridgehead atoms. The van der Waals surface area contributed by atoms with Crippen molar-refractivity contribution >= 4 is 30.1 Å². The maximum absolute atomic E-state index is 12.1. The minimum atomic E-state index is -0.0710. The Morgan fingerprint density at radius 1 is 1.29 bits per heavy atom. The third-order valence-electron chi connectivity index (χ3n) is 3.99. The van der Waals surface area contributed by atoms with E-state index in [0.29, 0.717) is 0 Å². The van der Waals surface area contributed by atoms with Crippen LogP contribution in [0.25, 0.3) is 0 Å². The van der Waals surface area contributed by atoms with E-state index in [9.17, 15) is 4.79 Å². The maximum Gasteiger partial charge on any atom is 0.237 e. The summed E-state index contributed by atoms with van der Waals surface area (Å²) in [6, 6.07) is 8.29. The third kappa shape index (κ3) is 4.90. The van der Waals surface area contributed by atoms with Gasteiger partial charge in [-0.25, -0.2) is 0 Å². The number of amides is 1. The van der Waals surface area contributed by atoms with Crippen molar-refractivity contribution in [2.45, 2.75) is 31.8 Å². The van der Waals surface area contributed by atoms with Crippen LogP contribution in [0.2, 0.25) is 0 Å². The summed E-state index contributed by atoms with van der Waals surface area (Å²) in [4.78, 5) is 12.1. The van der Waals surface area contributed by atoms with Crippen LogP contribution in [0, 0.1) is 5.92 Å². The molecule has 1 heterocycles. The van der Waals surface area contributed by atoms with Gasteiger partial charge in [0, 0.05) is 18.8 Å². The lowest BCUT2D eigenvalue weighted by Crippen LogP contribution is -2.48. The maximum atomic E-state index is 12.1. The van der Waals surface area contributed by atoms with Crippen molar-refractivity contribution in [1.29, 1.82) is 0 Å². The second kappa shape index (κ2) is 8.06. The number of thioether (sulfide) groups is 1. The number of hydrogen-bond donors (Lipinski definition) is 2. The molecule has 0 saturated heterocycles. The molecule has 1 aliphatic heterocycles. The molecular formula is C16H23ClN2OS. The van der Waals surface area contributed by atoms with E-state index in [1.165, 1.54) is 29.7 Å². The van der Waals surface area contributed by atoms with Crippen LogP contribution in [0.3, 0.4) is 0 Å². The second-order valence-corrected chi connectivity index (χ2v) is 6.87. The monoisotopic (exact) mass is 326 g/mol. The Kier molecular flexibility index (Phi) is 6.40. The van der Waals surface area contributed by atoms with E-state index in [4.69, 9.17) is 0 Å². The predicted octanol–water partition coefficient (Wildman–Crippen LogP) is 2.38. The van der Waals surface area contributed by atoms with Crippen LogP contribution in [0.1, 0.15) is 24.0 Å². The zero-order chi connectivity index (χ0) is 13.8. The van der Waals surface area contributed by atoms with E-state index in [-0.39, 0.29) is 24.4 Å². The summed E-state index contributed by atoms with van der Waals surface area (Å²) >= 11 is 1.97. The molecule has 1 atom stereocenters. The standard InChI is InChI=1S/C16H22N2OS.ClH/c19-16(17-7-8-20-11-12-5-6-12)15-9-13-3-1-2-4-14(13)10-18-15;/h1-4,12,15,18H,5-11H2,(H,17,19);1H. The van der Waals surface area contributed by atoms with Gasteiger partial charge < -0.3 is 10.6 Å². The van der Waals surface area contributed by atoms with Gasteiger partial charge in [-0.2, -0.15) is 11.8 Å². The molecule has 1 aromatic rings. The first-order chi connectivity index (χ1) is 9.83. The summed E-state index contributed by atoms with van der Waals surface area (Å²) in [5.41, 5.74) is 2.62. The SMILES string of the molecule is Cl.O=C(NCCSCC1CC1)C1Cc2ccccc2CN1. The summed E-state index contributed by atoms with van der Waals surface area (Å²) in [6.07, 6.45) is 3.62. The predicted molar refractivity (Wildman–Crippen MR) is 91.1 cm³/mol. The number of carbonyl (C=O) groups is 1. The highest BCUT2D eigenvalue weighted by Gasteiger charge is 2.23. The fraction of sp³-hybridized carbons (Fsp3) is 0.562. The number of benzene rings is 1. The van der Waals surface area contributed by atoms with Gasteiger partial charge in [-0.3, -0.25) is 4.79 Å². The molecule has 2 N–H and O–H groups in total. The molecule has 1 saturated carbocycles. The van der Waals surface area contributed by atoms with Gasteiger partial charge in [0.1, 0.15) is 0 Å². The summed E-state index contributed by atoms with van der Waals surface area (Å²) in [5.74, 6) is 3.41. The molecule has 5 heteroatoms. The Hall–Kier alpha value is -0.710. The van der Waals surface area contributed by atoms with E-state index < -0.39 is 0 Å². The molecule has 3 nitrogen and oxygen atoms in total. The third-order valence-corrected chi connectivity index (χ3v) is 5.19. The number of halogens is 1. The van der Waals surface area contributed by atoms with Crippen molar-refractivity contribution in [3.63, 3.8) is 0 Å². The smallest absolute Gasteiger partial charge is 0.237 e. The van der Waals surface area contributed by atoms with Crippen molar-refractivity contribution < 1.29 is 4.79 Å². The van der Waals surface area contributed by atoms with Gasteiger partial charge in [0.25, 0.3) is 0 Å². The highest BCUT2D eigenvalue weighted by atomic mass is 35.5. The molecule has 21 heavy (non-hydrogen) atoms. The fourth-order valence-electron chi connectivity index (χ4n) is 2.54. The molecule has 3 rings (SSSR count). The molecule has 2 aliphatic rings. The van der Waals surface area contributed by atoms with Crippen LogP contribution in [0.15, 0.2) is 24.3 Å². The van der Waals surface area contributed by atoms with E-state index in [0.717, 1.165) is 31.2 Å². The normalized spacial score (nSPS) is 20.3. The molecule has 1 amide bonds. The fourth-order valence-corrected chi connectivity index (χ4v) is 3.62. The molecule has 116 valence electrons. The van der Waals surface area contributed by atoms with Gasteiger partial charge in [-0.1, -0.05) is 24.3 Å². The Labute approximate surface area is 137 Å². The Morgan fingerprint density at radius 3 is 2.81 bits per heavy atom. The van der Waals surface area contributed by atoms with Crippen molar-refractivity contribution in [2.24, 2.45) is 5.92 Å². The van der Waals surface area contributed by atoms with Gasteiger partial charge in [-0.05, 0) is 42.1 Å². The van der Waals surface area contributed by atoms with Crippen LogP contribution in [0.5, 0.6) is 0 Å². The first-order valence-corrected chi connectivity index (χ1v) is 8.64. The van der Waals surface area contributed by atoms with Gasteiger partial charge in [0.2, 0.25) is 5.91 Å². The molecule has 0 radical (unpaired) electrons. The molecule has 1 aliphatic carbocycles. The molecule has 1 unspecified atom stereocenters. The highest BCUT2D eigenvalue weighted by Crippen LogP contribution is 2.32. The first kappa shape index (κ1) is 16.7. The highest BCUT2D eigenvalue weighted by molar-refractivity contribution is 7.99. The van der Waals surface area contributed by atoms with Crippen molar-refractivity contribution in [1.82, 2.24) is 10.6 Å². The largest absolute Gasteiger partial charge is 0.354 e. The Balaban J connectivity index is 0.00000161. The van der Waals surface area contributed by atoms with Crippen LogP contribution < -0.4 is 10.6 Å². The average Bonchev–Trinajstić information content (AvgIpc) is 3.30.